The molecular weight excluding hydrogens is 458 g/mol. The van der Waals surface area contributed by atoms with Crippen LogP contribution in [-0.2, 0) is 9.53 Å². The maximum atomic E-state index is 13.0. The Hall–Kier alpha value is -1.78. The first kappa shape index (κ1) is 24.3. The number of aromatic nitrogens is 1. The maximum absolute atomic E-state index is 13.0. The zero-order chi connectivity index (χ0) is 23.8. The molecule has 1 aliphatic carbocycles. The second-order valence-corrected chi connectivity index (χ2v) is 11.8. The Morgan fingerprint density at radius 1 is 1.18 bits per heavy atom. The van der Waals surface area contributed by atoms with Gasteiger partial charge in [-0.1, -0.05) is 27.7 Å². The number of amides is 2. The molecule has 0 aromatic carbocycles. The van der Waals surface area contributed by atoms with Crippen LogP contribution in [0.3, 0.4) is 0 Å². The van der Waals surface area contributed by atoms with E-state index in [1.807, 2.05) is 4.90 Å². The van der Waals surface area contributed by atoms with Crippen LogP contribution < -0.4 is 16.2 Å². The van der Waals surface area contributed by atoms with Gasteiger partial charge in [-0.2, -0.15) is 0 Å². The molecule has 0 radical (unpaired) electrons. The number of thiocarbonyl (C=S) groups is 1. The highest BCUT2D eigenvalue weighted by Gasteiger charge is 2.68. The molecule has 1 unspecified atom stereocenters. The second-order valence-electron chi connectivity index (χ2n) is 10.5. The fourth-order valence-electron chi connectivity index (χ4n) is 5.16. The number of carbonyl (C=O) groups is 2. The summed E-state index contributed by atoms with van der Waals surface area (Å²) in [6.07, 6.45) is 4.02. The predicted molar refractivity (Wildman–Crippen MR) is 132 cm³/mol. The number of nitrogens with one attached hydrogen (secondary N) is 3. The van der Waals surface area contributed by atoms with Crippen molar-refractivity contribution in [2.24, 2.45) is 16.7 Å². The number of carbonyl (C=O) groups excluding carboxylic acids is 2. The Morgan fingerprint density at radius 2 is 1.88 bits per heavy atom. The third-order valence-electron chi connectivity index (χ3n) is 7.98. The van der Waals surface area contributed by atoms with Crippen molar-refractivity contribution in [2.75, 3.05) is 26.2 Å². The van der Waals surface area contributed by atoms with Gasteiger partial charge in [-0.25, -0.2) is 4.98 Å². The third kappa shape index (κ3) is 5.02. The molecular formula is C23H35N5O3S2. The van der Waals surface area contributed by atoms with Gasteiger partial charge in [0.1, 0.15) is 5.69 Å². The lowest BCUT2D eigenvalue weighted by atomic mass is 9.96. The summed E-state index contributed by atoms with van der Waals surface area (Å²) in [4.78, 5) is 32.0. The summed E-state index contributed by atoms with van der Waals surface area (Å²) in [5.41, 5.74) is 5.84. The van der Waals surface area contributed by atoms with E-state index < -0.39 is 0 Å². The minimum Gasteiger partial charge on any atom is -0.376 e. The van der Waals surface area contributed by atoms with Crippen LogP contribution in [0.15, 0.2) is 5.38 Å². The van der Waals surface area contributed by atoms with Crippen molar-refractivity contribution < 1.29 is 14.3 Å². The maximum Gasteiger partial charge on any atom is 0.289 e. The quantitative estimate of drug-likeness (QED) is 0.429. The van der Waals surface area contributed by atoms with Gasteiger partial charge < -0.3 is 15.0 Å². The summed E-state index contributed by atoms with van der Waals surface area (Å²) in [7, 11) is 0. The molecule has 3 heterocycles. The van der Waals surface area contributed by atoms with Crippen molar-refractivity contribution in [1.82, 2.24) is 26.1 Å². The molecule has 1 atom stereocenters. The Bertz CT molecular complexity index is 888. The lowest BCUT2D eigenvalue weighted by Crippen LogP contribution is -2.48. The van der Waals surface area contributed by atoms with Gasteiger partial charge in [-0.3, -0.25) is 20.4 Å². The van der Waals surface area contributed by atoms with Gasteiger partial charge in [0, 0.05) is 43.5 Å². The van der Waals surface area contributed by atoms with E-state index in [1.54, 1.807) is 5.38 Å². The first-order valence-corrected chi connectivity index (χ1v) is 13.1. The monoisotopic (exact) mass is 493 g/mol. The standard InChI is InChI=1S/C23H35N5O3S2/c1-22(2)17(23(22,3)4)20(30)28-9-7-14(8-10-28)19-25-16(13-33-19)18(29)26-27-21(32)24-12-15-6-5-11-31-15/h13-15,17H,5-12H2,1-4H3,(H,26,29)(H2,24,27,32). The highest BCUT2D eigenvalue weighted by atomic mass is 32.1. The first-order chi connectivity index (χ1) is 15.6. The molecule has 0 bridgehead atoms. The number of rotatable bonds is 5. The molecule has 3 N–H and O–H groups in total. The fraction of sp³-hybridized carbons (Fsp3) is 0.739. The van der Waals surface area contributed by atoms with Gasteiger partial charge in [0.25, 0.3) is 5.91 Å². The van der Waals surface area contributed by atoms with Crippen LogP contribution in [-0.4, -0.2) is 59.2 Å². The molecule has 3 aliphatic rings. The zero-order valence-electron chi connectivity index (χ0n) is 19.9. The van der Waals surface area contributed by atoms with E-state index in [2.05, 4.69) is 48.8 Å². The highest BCUT2D eigenvalue weighted by molar-refractivity contribution is 7.80. The SMILES string of the molecule is CC1(C)C(C(=O)N2CCC(c3nc(C(=O)NNC(=S)NCC4CCCO4)cs3)CC2)C1(C)C. The zero-order valence-corrected chi connectivity index (χ0v) is 21.5. The minimum absolute atomic E-state index is 0.0641. The lowest BCUT2D eigenvalue weighted by molar-refractivity contribution is -0.134. The van der Waals surface area contributed by atoms with Gasteiger partial charge in [0.15, 0.2) is 5.11 Å². The summed E-state index contributed by atoms with van der Waals surface area (Å²) < 4.78 is 5.54. The molecule has 2 aliphatic heterocycles. The van der Waals surface area contributed by atoms with Gasteiger partial charge in [-0.15, -0.1) is 11.3 Å². The van der Waals surface area contributed by atoms with Crippen molar-refractivity contribution >= 4 is 40.5 Å². The van der Waals surface area contributed by atoms with E-state index in [0.29, 0.717) is 17.4 Å². The molecule has 182 valence electrons. The van der Waals surface area contributed by atoms with Crippen LogP contribution in [0.25, 0.3) is 0 Å². The average molecular weight is 494 g/mol. The summed E-state index contributed by atoms with van der Waals surface area (Å²) >= 11 is 6.71. The van der Waals surface area contributed by atoms with Gasteiger partial charge >= 0.3 is 0 Å². The number of hydrogen-bond donors (Lipinski definition) is 3. The molecule has 10 heteroatoms. The van der Waals surface area contributed by atoms with E-state index in [0.717, 1.165) is 50.4 Å². The number of likely N-dealkylation sites (tertiary alicyclic amines) is 1. The predicted octanol–water partition coefficient (Wildman–Crippen LogP) is 2.82. The lowest BCUT2D eigenvalue weighted by Gasteiger charge is -2.31. The third-order valence-corrected chi connectivity index (χ3v) is 9.24. The molecule has 1 saturated carbocycles. The number of hydrazine groups is 1. The largest absolute Gasteiger partial charge is 0.376 e. The molecule has 1 aromatic rings. The summed E-state index contributed by atoms with van der Waals surface area (Å²) in [5, 5.41) is 6.15. The summed E-state index contributed by atoms with van der Waals surface area (Å²) in [6.45, 7) is 11.7. The van der Waals surface area contributed by atoms with Crippen LogP contribution in [0.4, 0.5) is 0 Å². The average Bonchev–Trinajstić information content (AvgIpc) is 3.33. The molecule has 8 nitrogen and oxygen atoms in total. The normalized spacial score (nSPS) is 24.4. The van der Waals surface area contributed by atoms with Crippen molar-refractivity contribution in [2.45, 2.75) is 65.4 Å². The molecule has 2 amide bonds. The first-order valence-electron chi connectivity index (χ1n) is 11.8. The summed E-state index contributed by atoms with van der Waals surface area (Å²) in [6, 6.07) is 0. The van der Waals surface area contributed by atoms with Crippen molar-refractivity contribution in [3.8, 4) is 0 Å². The van der Waals surface area contributed by atoms with Crippen molar-refractivity contribution in [3.63, 3.8) is 0 Å². The molecule has 33 heavy (non-hydrogen) atoms. The summed E-state index contributed by atoms with van der Waals surface area (Å²) in [5.74, 6) is 0.362. The van der Waals surface area contributed by atoms with Crippen LogP contribution in [0.5, 0.6) is 0 Å². The number of hydrogen-bond acceptors (Lipinski definition) is 6. The minimum atomic E-state index is -0.315. The number of nitrogens with zero attached hydrogens (tertiary/aromatic N) is 2. The van der Waals surface area contributed by atoms with E-state index in [-0.39, 0.29) is 40.6 Å². The van der Waals surface area contributed by atoms with E-state index >= 15 is 0 Å². The van der Waals surface area contributed by atoms with Gasteiger partial charge in [0.2, 0.25) is 5.91 Å². The van der Waals surface area contributed by atoms with Crippen molar-refractivity contribution in [3.05, 3.63) is 16.1 Å². The van der Waals surface area contributed by atoms with Crippen LogP contribution >= 0.6 is 23.6 Å². The Kier molecular flexibility index (Phi) is 6.98. The van der Waals surface area contributed by atoms with Gasteiger partial charge in [0.05, 0.1) is 11.1 Å². The number of thiazole rings is 1. The highest BCUT2D eigenvalue weighted by Crippen LogP contribution is 2.68. The number of piperidine rings is 1. The topological polar surface area (TPSA) is 95.6 Å². The smallest absolute Gasteiger partial charge is 0.289 e. The van der Waals surface area contributed by atoms with Gasteiger partial charge in [-0.05, 0) is 48.7 Å². The molecule has 2 saturated heterocycles. The van der Waals surface area contributed by atoms with E-state index in [4.69, 9.17) is 17.0 Å². The van der Waals surface area contributed by atoms with E-state index in [1.165, 1.54) is 11.3 Å². The fourth-order valence-corrected chi connectivity index (χ4v) is 6.26. The molecule has 0 spiro atoms. The Labute approximate surface area is 205 Å². The molecule has 4 rings (SSSR count). The Morgan fingerprint density at radius 3 is 2.48 bits per heavy atom. The Balaban J connectivity index is 1.21. The molecule has 3 fully saturated rings. The molecule has 1 aromatic heterocycles. The van der Waals surface area contributed by atoms with Crippen LogP contribution in [0.1, 0.15) is 74.8 Å². The number of ether oxygens (including phenoxy) is 1. The van der Waals surface area contributed by atoms with Crippen LogP contribution in [0.2, 0.25) is 0 Å². The van der Waals surface area contributed by atoms with Crippen molar-refractivity contribution in [1.29, 1.82) is 0 Å². The van der Waals surface area contributed by atoms with Crippen LogP contribution in [0, 0.1) is 16.7 Å². The van der Waals surface area contributed by atoms with E-state index in [9.17, 15) is 9.59 Å². The second kappa shape index (κ2) is 9.46.